The van der Waals surface area contributed by atoms with Crippen LogP contribution >= 0.6 is 11.3 Å². The molecule has 7 aromatic carbocycles. The van der Waals surface area contributed by atoms with Crippen molar-refractivity contribution in [2.75, 3.05) is 4.90 Å². The van der Waals surface area contributed by atoms with Gasteiger partial charge in [0.1, 0.15) is 12.3 Å². The topological polar surface area (TPSA) is 44.0 Å². The zero-order chi connectivity index (χ0) is 33.2. The van der Waals surface area contributed by atoms with E-state index in [2.05, 4.69) is 166 Å². The first kappa shape index (κ1) is 28.8. The van der Waals surface area contributed by atoms with Crippen LogP contribution in [0.1, 0.15) is 29.0 Å². The minimum atomic E-state index is -0.0493. The normalized spacial score (nSPS) is 15.9. The highest BCUT2D eigenvalue weighted by atomic mass is 32.1. The van der Waals surface area contributed by atoms with E-state index in [0.29, 0.717) is 5.56 Å². The summed E-state index contributed by atoms with van der Waals surface area (Å²) in [5.41, 5.74) is 10.0. The highest BCUT2D eigenvalue weighted by molar-refractivity contribution is 7.26. The molecule has 50 heavy (non-hydrogen) atoms. The molecule has 10 rings (SSSR count). The summed E-state index contributed by atoms with van der Waals surface area (Å²) in [4.78, 5) is 2.41. The summed E-state index contributed by atoms with van der Waals surface area (Å²) >= 11 is 1.87. The van der Waals surface area contributed by atoms with Gasteiger partial charge in [0.05, 0.1) is 22.7 Å². The number of para-hydroxylation sites is 1. The summed E-state index contributed by atoms with van der Waals surface area (Å²) in [6.45, 7) is 0. The summed E-state index contributed by atoms with van der Waals surface area (Å²) in [5.74, 6) is 0. The van der Waals surface area contributed by atoms with Crippen molar-refractivity contribution in [1.29, 1.82) is 5.26 Å². The predicted octanol–water partition coefficient (Wildman–Crippen LogP) is 11.5. The predicted molar refractivity (Wildman–Crippen MR) is 208 cm³/mol. The zero-order valence-corrected chi connectivity index (χ0v) is 27.8. The molecule has 0 spiro atoms. The maximum atomic E-state index is 9.59. The van der Waals surface area contributed by atoms with Crippen LogP contribution in [0.3, 0.4) is 0 Å². The number of thiophene rings is 1. The van der Waals surface area contributed by atoms with Crippen LogP contribution in [0, 0.1) is 11.3 Å². The molecular weight excluding hydrogens is 629 g/mol. The standard InChI is InChI=1S/C45H30N4S/c46-28-29-10-8-13-32(26-29)45-47-44(30-11-2-1-3-12-30)49(45)34-23-21-33(22-24-34)48-40-18-6-4-14-36(40)37-25-20-31(27-41(37)48)35-16-9-17-39-38-15-5-7-19-42(38)50-43(35)39/h1-27,44-45,47H. The van der Waals surface area contributed by atoms with Gasteiger partial charge in [0, 0.05) is 42.3 Å². The summed E-state index contributed by atoms with van der Waals surface area (Å²) < 4.78 is 5.04. The average Bonchev–Trinajstić information content (AvgIpc) is 3.71. The van der Waals surface area contributed by atoms with Gasteiger partial charge in [-0.25, -0.2) is 0 Å². The highest BCUT2D eigenvalue weighted by Gasteiger charge is 2.39. The fourth-order valence-electron chi connectivity index (χ4n) is 7.77. The smallest absolute Gasteiger partial charge is 0.109 e. The Balaban J connectivity index is 1.10. The molecule has 1 N–H and O–H groups in total. The summed E-state index contributed by atoms with van der Waals surface area (Å²) in [6.07, 6.45) is -0.0306. The SMILES string of the molecule is N#Cc1cccc(C2NC(c3ccccc3)N2c2ccc(-n3c4ccccc4c4ccc(-c5cccc6c5sc5ccccc56)cc43)cc2)c1. The second-order valence-electron chi connectivity index (χ2n) is 12.9. The number of aromatic nitrogens is 1. The van der Waals surface area contributed by atoms with Crippen LogP contribution < -0.4 is 10.2 Å². The molecule has 0 bridgehead atoms. The van der Waals surface area contributed by atoms with Gasteiger partial charge in [-0.05, 0) is 76.9 Å². The van der Waals surface area contributed by atoms with Crippen molar-refractivity contribution in [3.05, 3.63) is 180 Å². The van der Waals surface area contributed by atoms with E-state index in [0.717, 1.165) is 16.9 Å². The summed E-state index contributed by atoms with van der Waals surface area (Å²) in [6, 6.07) is 60.7. The lowest BCUT2D eigenvalue weighted by molar-refractivity contribution is 0.276. The quantitative estimate of drug-likeness (QED) is 0.200. The monoisotopic (exact) mass is 658 g/mol. The molecule has 5 heteroatoms. The molecule has 0 aliphatic carbocycles. The lowest BCUT2D eigenvalue weighted by atomic mass is 9.98. The van der Waals surface area contributed by atoms with E-state index < -0.39 is 0 Å². The molecular formula is C45H30N4S. The minimum Gasteiger partial charge on any atom is -0.332 e. The van der Waals surface area contributed by atoms with E-state index in [1.165, 1.54) is 58.7 Å². The largest absolute Gasteiger partial charge is 0.332 e. The number of fused-ring (bicyclic) bond motifs is 6. The van der Waals surface area contributed by atoms with Crippen molar-refractivity contribution in [3.63, 3.8) is 0 Å². The fourth-order valence-corrected chi connectivity index (χ4v) is 9.01. The Morgan fingerprint density at radius 2 is 1.22 bits per heavy atom. The first-order valence-electron chi connectivity index (χ1n) is 16.9. The van der Waals surface area contributed by atoms with Gasteiger partial charge < -0.3 is 9.47 Å². The van der Waals surface area contributed by atoms with Crippen LogP contribution in [0.2, 0.25) is 0 Å². The molecule has 0 saturated carbocycles. The lowest BCUT2D eigenvalue weighted by Crippen LogP contribution is -2.57. The van der Waals surface area contributed by atoms with Gasteiger partial charge in [-0.3, -0.25) is 5.32 Å². The number of rotatable bonds is 5. The van der Waals surface area contributed by atoms with Crippen molar-refractivity contribution in [2.24, 2.45) is 0 Å². The molecule has 0 radical (unpaired) electrons. The number of hydrogen-bond acceptors (Lipinski definition) is 4. The molecule has 1 aliphatic heterocycles. The average molecular weight is 659 g/mol. The minimum absolute atomic E-state index is 0.0187. The highest BCUT2D eigenvalue weighted by Crippen LogP contribution is 2.44. The molecule has 2 aromatic heterocycles. The van der Waals surface area contributed by atoms with Gasteiger partial charge >= 0.3 is 0 Å². The lowest BCUT2D eigenvalue weighted by Gasteiger charge is -2.51. The first-order valence-corrected chi connectivity index (χ1v) is 17.7. The molecule has 3 heterocycles. The number of nitrogens with one attached hydrogen (secondary N) is 1. The maximum Gasteiger partial charge on any atom is 0.109 e. The van der Waals surface area contributed by atoms with E-state index >= 15 is 0 Å². The van der Waals surface area contributed by atoms with E-state index in [1.807, 2.05) is 29.5 Å². The van der Waals surface area contributed by atoms with Gasteiger partial charge in [0.2, 0.25) is 0 Å². The number of benzene rings is 7. The van der Waals surface area contributed by atoms with E-state index in [1.54, 1.807) is 0 Å². The Kier molecular flexibility index (Phi) is 6.60. The van der Waals surface area contributed by atoms with Crippen LogP contribution in [0.25, 0.3) is 58.8 Å². The molecule has 9 aromatic rings. The van der Waals surface area contributed by atoms with Crippen LogP contribution in [-0.4, -0.2) is 4.57 Å². The molecule has 1 aliphatic rings. The second-order valence-corrected chi connectivity index (χ2v) is 14.0. The third-order valence-corrected chi connectivity index (χ3v) is 11.3. The molecule has 2 unspecified atom stereocenters. The number of hydrogen-bond donors (Lipinski definition) is 1. The first-order chi connectivity index (χ1) is 24.7. The van der Waals surface area contributed by atoms with Crippen molar-refractivity contribution < 1.29 is 0 Å². The number of nitrogens with zero attached hydrogens (tertiary/aromatic N) is 3. The molecule has 1 fully saturated rings. The fraction of sp³-hybridized carbons (Fsp3) is 0.0444. The third-order valence-electron chi connectivity index (χ3n) is 10.1. The Bertz CT molecular complexity index is 2770. The number of nitriles is 1. The van der Waals surface area contributed by atoms with Crippen molar-refractivity contribution in [2.45, 2.75) is 12.3 Å². The van der Waals surface area contributed by atoms with Crippen LogP contribution in [0.5, 0.6) is 0 Å². The molecule has 236 valence electrons. The van der Waals surface area contributed by atoms with Gasteiger partial charge in [0.15, 0.2) is 0 Å². The third kappa shape index (κ3) is 4.47. The van der Waals surface area contributed by atoms with E-state index in [-0.39, 0.29) is 12.3 Å². The van der Waals surface area contributed by atoms with Gasteiger partial charge in [-0.2, -0.15) is 5.26 Å². The molecule has 2 atom stereocenters. The Morgan fingerprint density at radius 1 is 0.540 bits per heavy atom. The van der Waals surface area contributed by atoms with Gasteiger partial charge in [-0.1, -0.05) is 109 Å². The Labute approximate surface area is 293 Å². The van der Waals surface area contributed by atoms with Gasteiger partial charge in [-0.15, -0.1) is 11.3 Å². The Morgan fingerprint density at radius 3 is 2.08 bits per heavy atom. The maximum absolute atomic E-state index is 9.59. The van der Waals surface area contributed by atoms with Crippen molar-refractivity contribution >= 4 is 59.0 Å². The van der Waals surface area contributed by atoms with Crippen molar-refractivity contribution in [3.8, 4) is 22.9 Å². The van der Waals surface area contributed by atoms with Crippen LogP contribution in [-0.2, 0) is 0 Å². The molecule has 1 saturated heterocycles. The Hall–Kier alpha value is -6.19. The van der Waals surface area contributed by atoms with Gasteiger partial charge in [0.25, 0.3) is 0 Å². The zero-order valence-electron chi connectivity index (χ0n) is 27.0. The summed E-state index contributed by atoms with van der Waals surface area (Å²) in [7, 11) is 0. The van der Waals surface area contributed by atoms with Crippen LogP contribution in [0.4, 0.5) is 5.69 Å². The van der Waals surface area contributed by atoms with Crippen LogP contribution in [0.15, 0.2) is 164 Å². The van der Waals surface area contributed by atoms with E-state index in [4.69, 9.17) is 0 Å². The summed E-state index contributed by atoms with van der Waals surface area (Å²) in [5, 5.41) is 18.5. The van der Waals surface area contributed by atoms with E-state index in [9.17, 15) is 5.26 Å². The van der Waals surface area contributed by atoms with Crippen molar-refractivity contribution in [1.82, 2.24) is 9.88 Å². The number of anilines is 1. The second kappa shape index (κ2) is 11.5. The molecule has 4 nitrogen and oxygen atoms in total. The molecule has 0 amide bonds.